The predicted octanol–water partition coefficient (Wildman–Crippen LogP) is 5.38. The molecule has 4 aromatic rings. The SMILES string of the molecule is C[C@@H](Oc1cc(-c2cc3n(n2)CC[C@@]32CCN(Cc3ncc[nH]3)C2)cnc1N)c1c(Cl)ccc(F)c1Cl. The van der Waals surface area contributed by atoms with Gasteiger partial charge in [0.15, 0.2) is 11.6 Å². The van der Waals surface area contributed by atoms with Crippen LogP contribution in [0.15, 0.2) is 42.9 Å². The molecular formula is C26H26Cl2FN7O. The third kappa shape index (κ3) is 4.35. The number of anilines is 1. The van der Waals surface area contributed by atoms with Gasteiger partial charge in [0, 0.05) is 58.9 Å². The Hall–Kier alpha value is -3.14. The number of aromatic amines is 1. The fourth-order valence-electron chi connectivity index (χ4n) is 5.56. The van der Waals surface area contributed by atoms with Gasteiger partial charge in [-0.3, -0.25) is 9.58 Å². The number of nitrogen functional groups attached to an aromatic ring is 1. The van der Waals surface area contributed by atoms with Crippen LogP contribution in [0, 0.1) is 5.82 Å². The molecule has 1 spiro atoms. The molecule has 3 aromatic heterocycles. The van der Waals surface area contributed by atoms with E-state index in [0.29, 0.717) is 16.3 Å². The lowest BCUT2D eigenvalue weighted by atomic mass is 9.82. The largest absolute Gasteiger partial charge is 0.482 e. The van der Waals surface area contributed by atoms with Crippen LogP contribution >= 0.6 is 23.2 Å². The van der Waals surface area contributed by atoms with Crippen molar-refractivity contribution in [2.75, 3.05) is 18.8 Å². The zero-order chi connectivity index (χ0) is 25.7. The molecule has 1 fully saturated rings. The van der Waals surface area contributed by atoms with Gasteiger partial charge in [0.25, 0.3) is 0 Å². The third-order valence-corrected chi connectivity index (χ3v) is 8.17. The molecule has 5 heterocycles. The van der Waals surface area contributed by atoms with Crippen molar-refractivity contribution in [3.63, 3.8) is 0 Å². The van der Waals surface area contributed by atoms with E-state index in [-0.39, 0.29) is 16.3 Å². The van der Waals surface area contributed by atoms with Crippen molar-refractivity contribution >= 4 is 29.0 Å². The van der Waals surface area contributed by atoms with E-state index in [9.17, 15) is 4.39 Å². The van der Waals surface area contributed by atoms with Crippen LogP contribution in [0.4, 0.5) is 10.2 Å². The number of benzene rings is 1. The maximum Gasteiger partial charge on any atom is 0.166 e. The second kappa shape index (κ2) is 9.31. The van der Waals surface area contributed by atoms with E-state index < -0.39 is 11.9 Å². The van der Waals surface area contributed by atoms with Crippen LogP contribution in [0.5, 0.6) is 5.75 Å². The van der Waals surface area contributed by atoms with Crippen LogP contribution in [0.3, 0.4) is 0 Å². The first kappa shape index (κ1) is 24.2. The number of ether oxygens (including phenoxy) is 1. The number of aryl methyl sites for hydroxylation is 1. The third-order valence-electron chi connectivity index (χ3n) is 7.45. The van der Waals surface area contributed by atoms with Crippen LogP contribution < -0.4 is 10.5 Å². The summed E-state index contributed by atoms with van der Waals surface area (Å²) in [5, 5.41) is 5.12. The highest BCUT2D eigenvalue weighted by Crippen LogP contribution is 2.44. The number of nitrogens with two attached hydrogens (primary N) is 1. The minimum absolute atomic E-state index is 0.0730. The van der Waals surface area contributed by atoms with E-state index in [1.165, 1.54) is 17.8 Å². The van der Waals surface area contributed by atoms with Gasteiger partial charge in [-0.1, -0.05) is 23.2 Å². The zero-order valence-electron chi connectivity index (χ0n) is 20.2. The molecule has 37 heavy (non-hydrogen) atoms. The number of rotatable bonds is 6. The van der Waals surface area contributed by atoms with Gasteiger partial charge in [-0.15, -0.1) is 0 Å². The van der Waals surface area contributed by atoms with Crippen molar-refractivity contribution in [2.24, 2.45) is 0 Å². The number of hydrogen-bond donors (Lipinski definition) is 2. The van der Waals surface area contributed by atoms with Gasteiger partial charge in [-0.2, -0.15) is 5.10 Å². The van der Waals surface area contributed by atoms with Gasteiger partial charge in [0.05, 0.1) is 17.3 Å². The molecule has 1 aromatic carbocycles. The number of aromatic nitrogens is 5. The Bertz CT molecular complexity index is 1460. The van der Waals surface area contributed by atoms with Gasteiger partial charge in [0.2, 0.25) is 0 Å². The molecule has 2 aliphatic rings. The number of imidazole rings is 1. The Labute approximate surface area is 223 Å². The molecule has 8 nitrogen and oxygen atoms in total. The van der Waals surface area contributed by atoms with Crippen LogP contribution in [0.1, 0.15) is 43.0 Å². The maximum absolute atomic E-state index is 14.0. The molecule has 2 atom stereocenters. The summed E-state index contributed by atoms with van der Waals surface area (Å²) < 4.78 is 22.2. The summed E-state index contributed by atoms with van der Waals surface area (Å²) in [6.45, 7) is 5.42. The van der Waals surface area contributed by atoms with Gasteiger partial charge in [-0.05, 0) is 50.6 Å². The van der Waals surface area contributed by atoms with Crippen molar-refractivity contribution in [3.8, 4) is 17.0 Å². The Kier molecular flexibility index (Phi) is 6.09. The van der Waals surface area contributed by atoms with E-state index in [1.807, 2.05) is 12.3 Å². The first-order valence-corrected chi connectivity index (χ1v) is 12.9. The van der Waals surface area contributed by atoms with Gasteiger partial charge in [-0.25, -0.2) is 14.4 Å². The molecular weight excluding hydrogens is 516 g/mol. The first-order valence-electron chi connectivity index (χ1n) is 12.2. The Morgan fingerprint density at radius 3 is 2.86 bits per heavy atom. The van der Waals surface area contributed by atoms with Crippen LogP contribution in [0.25, 0.3) is 11.3 Å². The number of nitrogens with one attached hydrogen (secondary N) is 1. The van der Waals surface area contributed by atoms with E-state index in [4.69, 9.17) is 38.8 Å². The number of pyridine rings is 1. The normalized spacial score (nSPS) is 20.0. The van der Waals surface area contributed by atoms with E-state index >= 15 is 0 Å². The predicted molar refractivity (Wildman–Crippen MR) is 140 cm³/mol. The second-order valence-electron chi connectivity index (χ2n) is 9.79. The van der Waals surface area contributed by atoms with Crippen LogP contribution in [0.2, 0.25) is 10.0 Å². The molecule has 11 heteroatoms. The highest BCUT2D eigenvalue weighted by Gasteiger charge is 2.45. The second-order valence-corrected chi connectivity index (χ2v) is 10.6. The number of halogens is 3. The molecule has 192 valence electrons. The van der Waals surface area contributed by atoms with Gasteiger partial charge >= 0.3 is 0 Å². The minimum atomic E-state index is -0.649. The highest BCUT2D eigenvalue weighted by molar-refractivity contribution is 6.36. The standard InChI is InChI=1S/C26H26Cl2FN7O/c1-15(23-17(27)2-3-18(29)24(23)28)37-20-10-16(12-33-25(20)30)19-11-21-26(5-9-36(21)34-19)4-8-35(14-26)13-22-31-6-7-32-22/h2-3,6-7,10-12,15H,4-5,8-9,13-14H2,1H3,(H2,30,33)(H,31,32)/t15-,26-/m1/s1. The summed E-state index contributed by atoms with van der Waals surface area (Å²) >= 11 is 12.5. The molecule has 0 radical (unpaired) electrons. The van der Waals surface area contributed by atoms with Gasteiger partial charge < -0.3 is 15.5 Å². The van der Waals surface area contributed by atoms with Crippen LogP contribution in [-0.4, -0.2) is 42.7 Å². The van der Waals surface area contributed by atoms with Crippen LogP contribution in [-0.2, 0) is 18.5 Å². The highest BCUT2D eigenvalue weighted by atomic mass is 35.5. The molecule has 1 saturated heterocycles. The molecule has 2 aliphatic heterocycles. The Morgan fingerprint density at radius 2 is 2.05 bits per heavy atom. The summed E-state index contributed by atoms with van der Waals surface area (Å²) in [7, 11) is 0. The lowest BCUT2D eigenvalue weighted by Gasteiger charge is -2.23. The minimum Gasteiger partial charge on any atom is -0.482 e. The maximum atomic E-state index is 14.0. The Balaban J connectivity index is 1.24. The average molecular weight is 542 g/mol. The Morgan fingerprint density at radius 1 is 1.22 bits per heavy atom. The molecule has 0 unspecified atom stereocenters. The topological polar surface area (TPSA) is 97.9 Å². The summed E-state index contributed by atoms with van der Waals surface area (Å²) in [5.41, 5.74) is 9.41. The van der Waals surface area contributed by atoms with Crippen molar-refractivity contribution < 1.29 is 9.13 Å². The number of fused-ring (bicyclic) bond motifs is 2. The van der Waals surface area contributed by atoms with E-state index in [0.717, 1.165) is 56.1 Å². The number of nitrogens with zero attached hydrogens (tertiary/aromatic N) is 5. The molecule has 0 bridgehead atoms. The molecule has 0 amide bonds. The number of likely N-dealkylation sites (tertiary alicyclic amines) is 1. The lowest BCUT2D eigenvalue weighted by molar-refractivity contribution is 0.227. The lowest BCUT2D eigenvalue weighted by Crippen LogP contribution is -2.29. The zero-order valence-corrected chi connectivity index (χ0v) is 21.7. The van der Waals surface area contributed by atoms with Crippen molar-refractivity contribution in [3.05, 3.63) is 75.8 Å². The van der Waals surface area contributed by atoms with Crippen molar-refractivity contribution in [1.29, 1.82) is 0 Å². The van der Waals surface area contributed by atoms with Crippen molar-refractivity contribution in [2.45, 2.75) is 44.4 Å². The van der Waals surface area contributed by atoms with Gasteiger partial charge in [0.1, 0.15) is 17.7 Å². The summed E-state index contributed by atoms with van der Waals surface area (Å²) in [4.78, 5) is 14.4. The number of hydrogen-bond acceptors (Lipinski definition) is 6. The summed E-state index contributed by atoms with van der Waals surface area (Å²) in [5.74, 6) is 0.994. The monoisotopic (exact) mass is 541 g/mol. The smallest absolute Gasteiger partial charge is 0.166 e. The summed E-state index contributed by atoms with van der Waals surface area (Å²) in [6, 6.07) is 6.65. The molecule has 0 saturated carbocycles. The quantitative estimate of drug-likeness (QED) is 0.318. The fraction of sp³-hybridized carbons (Fsp3) is 0.346. The first-order chi connectivity index (χ1) is 17.8. The average Bonchev–Trinajstić information content (AvgIpc) is 3.66. The fourth-order valence-corrected chi connectivity index (χ4v) is 6.24. The molecule has 3 N–H and O–H groups in total. The summed E-state index contributed by atoms with van der Waals surface area (Å²) in [6.07, 6.45) is 6.85. The van der Waals surface area contributed by atoms with E-state index in [1.54, 1.807) is 19.3 Å². The molecule has 6 rings (SSSR count). The number of H-pyrrole nitrogens is 1. The van der Waals surface area contributed by atoms with Crippen molar-refractivity contribution in [1.82, 2.24) is 29.6 Å². The van der Waals surface area contributed by atoms with E-state index in [2.05, 4.69) is 30.6 Å². The molecule has 0 aliphatic carbocycles.